The molecule has 2 aromatic rings. The zero-order valence-electron chi connectivity index (χ0n) is 11.5. The number of benzene rings is 1. The second kappa shape index (κ2) is 4.40. The molecule has 1 aromatic heterocycles. The Labute approximate surface area is 118 Å². The van der Waals surface area contributed by atoms with Crippen molar-refractivity contribution in [3.63, 3.8) is 0 Å². The number of hydrogen-bond donors (Lipinski definition) is 1. The third kappa shape index (κ3) is 1.72. The minimum atomic E-state index is 0.469. The molecule has 0 saturated heterocycles. The third-order valence-corrected chi connectivity index (χ3v) is 4.21. The number of pyridine rings is 1. The summed E-state index contributed by atoms with van der Waals surface area (Å²) in [6.45, 7) is 1.89. The van der Waals surface area contributed by atoms with Crippen LogP contribution in [-0.2, 0) is 13.0 Å². The van der Waals surface area contributed by atoms with Gasteiger partial charge in [-0.1, -0.05) is 24.3 Å². The molecule has 0 radical (unpaired) electrons. The first-order valence-electron chi connectivity index (χ1n) is 6.97. The maximum atomic E-state index is 5.26. The Morgan fingerprint density at radius 1 is 1.20 bits per heavy atom. The largest absolute Gasteiger partial charge is 0.481 e. The van der Waals surface area contributed by atoms with Gasteiger partial charge in [-0.25, -0.2) is 0 Å². The van der Waals surface area contributed by atoms with Gasteiger partial charge in [0.15, 0.2) is 5.82 Å². The minimum absolute atomic E-state index is 0.469. The summed E-state index contributed by atoms with van der Waals surface area (Å²) >= 11 is 0. The summed E-state index contributed by atoms with van der Waals surface area (Å²) in [4.78, 5) is 7.03. The average Bonchev–Trinajstić information content (AvgIpc) is 2.52. The van der Waals surface area contributed by atoms with E-state index in [0.29, 0.717) is 11.9 Å². The number of methoxy groups -OCH3 is 1. The molecule has 0 spiro atoms. The quantitative estimate of drug-likeness (QED) is 0.861. The monoisotopic (exact) mass is 267 g/mol. The fraction of sp³-hybridized carbons (Fsp3) is 0.312. The van der Waals surface area contributed by atoms with E-state index in [2.05, 4.69) is 45.5 Å². The number of anilines is 2. The average molecular weight is 267 g/mol. The molecular formula is C16H17N3O. The summed E-state index contributed by atoms with van der Waals surface area (Å²) in [5.74, 6) is 1.68. The van der Waals surface area contributed by atoms with Crippen molar-refractivity contribution < 1.29 is 4.74 Å². The molecule has 3 heterocycles. The van der Waals surface area contributed by atoms with Gasteiger partial charge in [-0.05, 0) is 23.6 Å². The van der Waals surface area contributed by atoms with Gasteiger partial charge in [0.2, 0.25) is 5.88 Å². The van der Waals surface area contributed by atoms with Crippen LogP contribution in [0.3, 0.4) is 0 Å². The lowest BCUT2D eigenvalue weighted by Crippen LogP contribution is -2.48. The summed E-state index contributed by atoms with van der Waals surface area (Å²) in [6, 6.07) is 13.1. The number of aromatic nitrogens is 1. The van der Waals surface area contributed by atoms with Crippen LogP contribution >= 0.6 is 0 Å². The molecule has 4 rings (SSSR count). The van der Waals surface area contributed by atoms with Gasteiger partial charge in [0.05, 0.1) is 18.8 Å². The van der Waals surface area contributed by atoms with Gasteiger partial charge in [0, 0.05) is 19.2 Å². The van der Waals surface area contributed by atoms with E-state index in [4.69, 9.17) is 4.74 Å². The van der Waals surface area contributed by atoms with Crippen LogP contribution in [0.2, 0.25) is 0 Å². The number of nitrogens with one attached hydrogen (secondary N) is 1. The topological polar surface area (TPSA) is 37.4 Å². The van der Waals surface area contributed by atoms with Gasteiger partial charge in [0.25, 0.3) is 0 Å². The molecule has 0 fully saturated rings. The van der Waals surface area contributed by atoms with E-state index in [1.165, 1.54) is 11.1 Å². The van der Waals surface area contributed by atoms with Crippen molar-refractivity contribution in [1.29, 1.82) is 0 Å². The van der Waals surface area contributed by atoms with Crippen molar-refractivity contribution >= 4 is 11.5 Å². The Bertz CT molecular complexity index is 656. The normalized spacial score (nSPS) is 19.4. The van der Waals surface area contributed by atoms with Gasteiger partial charge in [-0.3, -0.25) is 0 Å². The van der Waals surface area contributed by atoms with Crippen molar-refractivity contribution in [1.82, 2.24) is 4.98 Å². The first-order valence-corrected chi connectivity index (χ1v) is 6.97. The van der Waals surface area contributed by atoms with Crippen molar-refractivity contribution in [3.05, 3.63) is 47.5 Å². The molecule has 1 atom stereocenters. The molecular weight excluding hydrogens is 250 g/mol. The van der Waals surface area contributed by atoms with Crippen LogP contribution in [0.4, 0.5) is 11.5 Å². The summed E-state index contributed by atoms with van der Waals surface area (Å²) in [5, 5.41) is 3.48. The lowest BCUT2D eigenvalue weighted by molar-refractivity contribution is 0.396. The van der Waals surface area contributed by atoms with Crippen LogP contribution in [0, 0.1) is 0 Å². The molecule has 0 aliphatic carbocycles. The number of hydrogen-bond acceptors (Lipinski definition) is 4. The van der Waals surface area contributed by atoms with Gasteiger partial charge in [-0.2, -0.15) is 4.98 Å². The second-order valence-corrected chi connectivity index (χ2v) is 5.36. The summed E-state index contributed by atoms with van der Waals surface area (Å²) in [7, 11) is 1.66. The summed E-state index contributed by atoms with van der Waals surface area (Å²) in [6.07, 6.45) is 1.07. The molecule has 0 saturated carbocycles. The Morgan fingerprint density at radius 2 is 2.05 bits per heavy atom. The standard InChI is InChI=1S/C16H17N3O/c1-20-15-7-6-14-16(18-15)19-10-12-5-3-2-4-11(12)8-13(19)9-17-14/h2-7,13,17H,8-10H2,1H3. The van der Waals surface area contributed by atoms with Gasteiger partial charge >= 0.3 is 0 Å². The zero-order chi connectivity index (χ0) is 13.5. The summed E-state index contributed by atoms with van der Waals surface area (Å²) < 4.78 is 5.26. The van der Waals surface area contributed by atoms with Crippen LogP contribution in [0.5, 0.6) is 5.88 Å². The Balaban J connectivity index is 1.77. The fourth-order valence-electron chi connectivity index (χ4n) is 3.15. The number of ether oxygens (including phenoxy) is 1. The predicted octanol–water partition coefficient (Wildman–Crippen LogP) is 2.45. The minimum Gasteiger partial charge on any atom is -0.481 e. The molecule has 102 valence electrons. The predicted molar refractivity (Wildman–Crippen MR) is 79.4 cm³/mol. The van der Waals surface area contributed by atoms with Gasteiger partial charge in [0.1, 0.15) is 0 Å². The Hall–Kier alpha value is -2.23. The smallest absolute Gasteiger partial charge is 0.215 e. The third-order valence-electron chi connectivity index (χ3n) is 4.21. The molecule has 1 N–H and O–H groups in total. The molecule has 20 heavy (non-hydrogen) atoms. The Kier molecular flexibility index (Phi) is 2.55. The van der Waals surface area contributed by atoms with Crippen LogP contribution in [0.15, 0.2) is 36.4 Å². The summed E-state index contributed by atoms with van der Waals surface area (Å²) in [5.41, 5.74) is 3.96. The van der Waals surface area contributed by atoms with Crippen molar-refractivity contribution in [2.24, 2.45) is 0 Å². The molecule has 2 aliphatic rings. The Morgan fingerprint density at radius 3 is 2.90 bits per heavy atom. The molecule has 4 heteroatoms. The van der Waals surface area contributed by atoms with Crippen molar-refractivity contribution in [2.75, 3.05) is 23.9 Å². The highest BCUT2D eigenvalue weighted by molar-refractivity contribution is 5.70. The van der Waals surface area contributed by atoms with E-state index in [1.54, 1.807) is 7.11 Å². The lowest BCUT2D eigenvalue weighted by Gasteiger charge is -2.42. The first-order chi connectivity index (χ1) is 9.85. The zero-order valence-corrected chi connectivity index (χ0v) is 11.5. The van der Waals surface area contributed by atoms with E-state index in [1.807, 2.05) is 6.07 Å². The highest BCUT2D eigenvalue weighted by atomic mass is 16.5. The van der Waals surface area contributed by atoms with E-state index < -0.39 is 0 Å². The second-order valence-electron chi connectivity index (χ2n) is 5.36. The molecule has 1 aromatic carbocycles. The SMILES string of the molecule is COc1ccc2c(n1)N1Cc3ccccc3CC1CN2. The van der Waals surface area contributed by atoms with Crippen molar-refractivity contribution in [2.45, 2.75) is 19.0 Å². The van der Waals surface area contributed by atoms with E-state index >= 15 is 0 Å². The van der Waals surface area contributed by atoms with Crippen molar-refractivity contribution in [3.8, 4) is 5.88 Å². The van der Waals surface area contributed by atoms with Crippen LogP contribution < -0.4 is 15.0 Å². The number of fused-ring (bicyclic) bond motifs is 4. The maximum absolute atomic E-state index is 5.26. The lowest BCUT2D eigenvalue weighted by atomic mass is 9.92. The number of rotatable bonds is 1. The highest BCUT2D eigenvalue weighted by Crippen LogP contribution is 2.36. The molecule has 4 nitrogen and oxygen atoms in total. The van der Waals surface area contributed by atoms with Crippen LogP contribution in [-0.4, -0.2) is 24.7 Å². The van der Waals surface area contributed by atoms with Crippen LogP contribution in [0.1, 0.15) is 11.1 Å². The number of nitrogens with zero attached hydrogens (tertiary/aromatic N) is 2. The first kappa shape index (κ1) is 11.6. The van der Waals surface area contributed by atoms with Gasteiger partial charge < -0.3 is 15.0 Å². The maximum Gasteiger partial charge on any atom is 0.215 e. The van der Waals surface area contributed by atoms with E-state index in [-0.39, 0.29) is 0 Å². The molecule has 1 unspecified atom stereocenters. The molecule has 0 bridgehead atoms. The fourth-order valence-corrected chi connectivity index (χ4v) is 3.15. The van der Waals surface area contributed by atoms with E-state index in [0.717, 1.165) is 31.0 Å². The molecule has 2 aliphatic heterocycles. The van der Waals surface area contributed by atoms with E-state index in [9.17, 15) is 0 Å². The molecule has 0 amide bonds. The van der Waals surface area contributed by atoms with Gasteiger partial charge in [-0.15, -0.1) is 0 Å². The highest BCUT2D eigenvalue weighted by Gasteiger charge is 2.31. The van der Waals surface area contributed by atoms with Crippen LogP contribution in [0.25, 0.3) is 0 Å².